The molecule has 0 saturated heterocycles. The van der Waals surface area contributed by atoms with Crippen LogP contribution in [0.4, 0.5) is 0 Å². The minimum atomic E-state index is -0.226. The number of aromatic amines is 1. The van der Waals surface area contributed by atoms with Gasteiger partial charge in [0, 0.05) is 18.0 Å². The Balaban J connectivity index is 1.54. The zero-order valence-electron chi connectivity index (χ0n) is 11.3. The zero-order chi connectivity index (χ0) is 15.2. The lowest BCUT2D eigenvalue weighted by atomic mass is 10.3. The molecule has 0 aromatic carbocycles. The van der Waals surface area contributed by atoms with Gasteiger partial charge in [-0.1, -0.05) is 17.8 Å². The number of rotatable bonds is 5. The Hall–Kier alpha value is -2.81. The van der Waals surface area contributed by atoms with Crippen molar-refractivity contribution in [1.82, 2.24) is 30.3 Å². The molecule has 0 saturated carbocycles. The third kappa shape index (κ3) is 3.44. The van der Waals surface area contributed by atoms with Gasteiger partial charge in [0.25, 0.3) is 0 Å². The van der Waals surface area contributed by atoms with Gasteiger partial charge in [-0.15, -0.1) is 0 Å². The van der Waals surface area contributed by atoms with Crippen molar-refractivity contribution in [3.05, 3.63) is 42.7 Å². The van der Waals surface area contributed by atoms with Gasteiger partial charge >= 0.3 is 0 Å². The Morgan fingerprint density at radius 3 is 3.23 bits per heavy atom. The van der Waals surface area contributed by atoms with Crippen molar-refractivity contribution in [2.75, 3.05) is 5.75 Å². The molecule has 1 amide bonds. The molecule has 3 heterocycles. The van der Waals surface area contributed by atoms with Crippen LogP contribution < -0.4 is 5.43 Å². The van der Waals surface area contributed by atoms with Gasteiger partial charge in [-0.3, -0.25) is 9.78 Å². The number of nitrogens with zero attached hydrogens (tertiary/aromatic N) is 5. The molecule has 0 atom stereocenters. The van der Waals surface area contributed by atoms with Gasteiger partial charge in [-0.2, -0.15) is 5.10 Å². The number of nitrogens with one attached hydrogen (secondary N) is 2. The van der Waals surface area contributed by atoms with E-state index in [1.165, 1.54) is 24.3 Å². The molecule has 3 rings (SSSR count). The molecule has 0 aliphatic heterocycles. The van der Waals surface area contributed by atoms with Crippen LogP contribution in [0.1, 0.15) is 5.56 Å². The molecule has 2 N–H and O–H groups in total. The first-order valence-corrected chi connectivity index (χ1v) is 7.30. The average molecular weight is 313 g/mol. The van der Waals surface area contributed by atoms with E-state index in [0.717, 1.165) is 11.1 Å². The topological polar surface area (TPSA) is 109 Å². The van der Waals surface area contributed by atoms with Crippen LogP contribution >= 0.6 is 11.8 Å². The van der Waals surface area contributed by atoms with E-state index < -0.39 is 0 Å². The second kappa shape index (κ2) is 6.76. The van der Waals surface area contributed by atoms with Crippen LogP contribution in [0.15, 0.2) is 47.3 Å². The van der Waals surface area contributed by atoms with Crippen molar-refractivity contribution >= 4 is 35.0 Å². The second-order valence-corrected chi connectivity index (χ2v) is 5.11. The number of amides is 1. The molecule has 9 heteroatoms. The lowest BCUT2D eigenvalue weighted by molar-refractivity contribution is -0.118. The number of aromatic nitrogens is 5. The van der Waals surface area contributed by atoms with Gasteiger partial charge in [0.1, 0.15) is 16.9 Å². The van der Waals surface area contributed by atoms with Crippen molar-refractivity contribution in [3.8, 4) is 0 Å². The number of H-pyrrole nitrogens is 1. The highest BCUT2D eigenvalue weighted by Crippen LogP contribution is 2.21. The van der Waals surface area contributed by atoms with E-state index in [2.05, 4.69) is 35.4 Å². The first-order valence-electron chi connectivity index (χ1n) is 6.32. The Kier molecular flexibility index (Phi) is 4.35. The van der Waals surface area contributed by atoms with Gasteiger partial charge in [0.05, 0.1) is 18.3 Å². The monoisotopic (exact) mass is 313 g/mol. The third-order valence-corrected chi connectivity index (χ3v) is 3.60. The number of imidazole rings is 1. The van der Waals surface area contributed by atoms with E-state index in [-0.39, 0.29) is 11.7 Å². The maximum Gasteiger partial charge on any atom is 0.250 e. The van der Waals surface area contributed by atoms with Crippen molar-refractivity contribution in [3.63, 3.8) is 0 Å². The Morgan fingerprint density at radius 1 is 1.41 bits per heavy atom. The molecule has 0 aliphatic rings. The molecular formula is C13H11N7OS. The minimum Gasteiger partial charge on any atom is -0.341 e. The Labute approximate surface area is 129 Å². The van der Waals surface area contributed by atoms with E-state index in [4.69, 9.17) is 0 Å². The fourth-order valence-corrected chi connectivity index (χ4v) is 2.40. The van der Waals surface area contributed by atoms with Crippen molar-refractivity contribution in [2.24, 2.45) is 5.10 Å². The van der Waals surface area contributed by atoms with E-state index in [1.807, 2.05) is 6.07 Å². The molecule has 0 unspecified atom stereocenters. The maximum atomic E-state index is 11.8. The number of pyridine rings is 1. The summed E-state index contributed by atoms with van der Waals surface area (Å²) in [5, 5.41) is 4.55. The number of hydrazone groups is 1. The smallest absolute Gasteiger partial charge is 0.250 e. The molecule has 8 nitrogen and oxygen atoms in total. The molecule has 0 spiro atoms. The van der Waals surface area contributed by atoms with Crippen molar-refractivity contribution < 1.29 is 4.79 Å². The quantitative estimate of drug-likeness (QED) is 0.315. The van der Waals surface area contributed by atoms with Crippen LogP contribution in [0, 0.1) is 0 Å². The van der Waals surface area contributed by atoms with Gasteiger partial charge in [0.15, 0.2) is 5.65 Å². The van der Waals surface area contributed by atoms with E-state index in [1.54, 1.807) is 24.8 Å². The number of carbonyl (C=O) groups is 1. The molecule has 0 radical (unpaired) electrons. The van der Waals surface area contributed by atoms with Crippen LogP contribution in [0.5, 0.6) is 0 Å². The molecule has 0 bridgehead atoms. The third-order valence-electron chi connectivity index (χ3n) is 2.62. The molecule has 3 aromatic rings. The number of carbonyl (C=O) groups excluding carboxylic acids is 1. The highest BCUT2D eigenvalue weighted by atomic mass is 32.2. The summed E-state index contributed by atoms with van der Waals surface area (Å²) in [6.07, 6.45) is 7.82. The summed E-state index contributed by atoms with van der Waals surface area (Å²) in [6.45, 7) is 0. The van der Waals surface area contributed by atoms with E-state index in [9.17, 15) is 4.79 Å². The fraction of sp³-hybridized carbons (Fsp3) is 0.0769. The lowest BCUT2D eigenvalue weighted by Gasteiger charge is -2.00. The van der Waals surface area contributed by atoms with Crippen LogP contribution in [-0.2, 0) is 4.79 Å². The number of fused-ring (bicyclic) bond motifs is 1. The SMILES string of the molecule is O=C(CSc1ncnc2nc[nH]c12)NN=Cc1cccnc1. The summed E-state index contributed by atoms with van der Waals surface area (Å²) in [5.41, 5.74) is 4.56. The van der Waals surface area contributed by atoms with Crippen molar-refractivity contribution in [2.45, 2.75) is 5.03 Å². The van der Waals surface area contributed by atoms with E-state index in [0.29, 0.717) is 10.7 Å². The molecule has 0 fully saturated rings. The molecule has 3 aromatic heterocycles. The first-order chi connectivity index (χ1) is 10.8. The average Bonchev–Trinajstić information content (AvgIpc) is 3.03. The summed E-state index contributed by atoms with van der Waals surface area (Å²) in [4.78, 5) is 30.8. The fourth-order valence-electron chi connectivity index (χ4n) is 1.65. The summed E-state index contributed by atoms with van der Waals surface area (Å²) in [6, 6.07) is 3.64. The van der Waals surface area contributed by atoms with Gasteiger partial charge in [0.2, 0.25) is 5.91 Å². The minimum absolute atomic E-state index is 0.190. The standard InChI is InChI=1S/C13H11N7OS/c21-10(20-19-5-9-2-1-3-14-4-9)6-22-13-11-12(16-7-15-11)17-8-18-13/h1-5,7-8H,6H2,(H,20,21)(H,15,16,17,18). The van der Waals surface area contributed by atoms with Crippen LogP contribution in [0.25, 0.3) is 11.2 Å². The Morgan fingerprint density at radius 2 is 2.36 bits per heavy atom. The molecule has 22 heavy (non-hydrogen) atoms. The van der Waals surface area contributed by atoms with Gasteiger partial charge in [-0.05, 0) is 6.07 Å². The van der Waals surface area contributed by atoms with Crippen molar-refractivity contribution in [1.29, 1.82) is 0 Å². The number of hydrogen-bond donors (Lipinski definition) is 2. The van der Waals surface area contributed by atoms with Gasteiger partial charge < -0.3 is 4.98 Å². The maximum absolute atomic E-state index is 11.8. The summed E-state index contributed by atoms with van der Waals surface area (Å²) in [7, 11) is 0. The summed E-state index contributed by atoms with van der Waals surface area (Å²) in [5.74, 6) is -0.0355. The van der Waals surface area contributed by atoms with Crippen LogP contribution in [0.2, 0.25) is 0 Å². The predicted octanol–water partition coefficient (Wildman–Crippen LogP) is 0.990. The predicted molar refractivity (Wildman–Crippen MR) is 82.4 cm³/mol. The normalized spacial score (nSPS) is 11.1. The number of thioether (sulfide) groups is 1. The summed E-state index contributed by atoms with van der Waals surface area (Å²) >= 11 is 1.29. The molecule has 110 valence electrons. The zero-order valence-corrected chi connectivity index (χ0v) is 12.1. The first kappa shape index (κ1) is 14.1. The van der Waals surface area contributed by atoms with Crippen LogP contribution in [-0.4, -0.2) is 42.8 Å². The van der Waals surface area contributed by atoms with E-state index >= 15 is 0 Å². The highest BCUT2D eigenvalue weighted by molar-refractivity contribution is 8.00. The molecular weight excluding hydrogens is 302 g/mol. The van der Waals surface area contributed by atoms with Gasteiger partial charge in [-0.25, -0.2) is 20.4 Å². The summed E-state index contributed by atoms with van der Waals surface area (Å²) < 4.78 is 0. The van der Waals surface area contributed by atoms with Crippen LogP contribution in [0.3, 0.4) is 0 Å². The number of hydrogen-bond acceptors (Lipinski definition) is 7. The largest absolute Gasteiger partial charge is 0.341 e. The second-order valence-electron chi connectivity index (χ2n) is 4.15. The Bertz CT molecular complexity index is 802. The lowest BCUT2D eigenvalue weighted by Crippen LogP contribution is -2.19. The molecule has 0 aliphatic carbocycles. The highest BCUT2D eigenvalue weighted by Gasteiger charge is 2.08.